The third kappa shape index (κ3) is 4.49. The summed E-state index contributed by atoms with van der Waals surface area (Å²) in [5.74, 6) is -0.142. The van der Waals surface area contributed by atoms with Crippen LogP contribution >= 0.6 is 0 Å². The van der Waals surface area contributed by atoms with Crippen LogP contribution in [0.1, 0.15) is 15.9 Å². The Balaban J connectivity index is 1.78. The van der Waals surface area contributed by atoms with Crippen LogP contribution in [0.5, 0.6) is 0 Å². The molecule has 3 rings (SSSR count). The number of rotatable bonds is 5. The standard InChI is InChI=1S/C18H27N3O5S/c1-15-2-3-16(18(23)20-6-4-19(5-7-20)8-11-22)14-17(15)27(24,25)21-9-12-26-13-10-21/h2-3,14,22H,4-13H2,1H3/p+1. The van der Waals surface area contributed by atoms with Gasteiger partial charge in [0.1, 0.15) is 6.54 Å². The van der Waals surface area contributed by atoms with E-state index in [4.69, 9.17) is 9.84 Å². The highest BCUT2D eigenvalue weighted by molar-refractivity contribution is 7.89. The number of aliphatic hydroxyl groups is 1. The number of quaternary nitrogens is 1. The number of aryl methyl sites for hydroxylation is 1. The normalized spacial score (nSPS) is 20.0. The summed E-state index contributed by atoms with van der Waals surface area (Å²) in [6, 6.07) is 4.91. The predicted molar refractivity (Wildman–Crippen MR) is 99.3 cm³/mol. The predicted octanol–water partition coefficient (Wildman–Crippen LogP) is -1.65. The molecule has 2 N–H and O–H groups in total. The van der Waals surface area contributed by atoms with E-state index in [9.17, 15) is 13.2 Å². The fraction of sp³-hybridized carbons (Fsp3) is 0.611. The minimum absolute atomic E-state index is 0.142. The van der Waals surface area contributed by atoms with E-state index >= 15 is 0 Å². The number of ether oxygens (including phenoxy) is 1. The van der Waals surface area contributed by atoms with Crippen molar-refractivity contribution in [2.24, 2.45) is 0 Å². The van der Waals surface area contributed by atoms with Crippen LogP contribution in [0.4, 0.5) is 0 Å². The zero-order valence-electron chi connectivity index (χ0n) is 15.7. The number of aliphatic hydroxyl groups excluding tert-OH is 1. The third-order valence-corrected chi connectivity index (χ3v) is 7.29. The minimum Gasteiger partial charge on any atom is -0.391 e. The Morgan fingerprint density at radius 2 is 1.85 bits per heavy atom. The fourth-order valence-corrected chi connectivity index (χ4v) is 5.21. The molecule has 2 aliphatic rings. The lowest BCUT2D eigenvalue weighted by molar-refractivity contribution is -0.904. The third-order valence-electron chi connectivity index (χ3n) is 5.25. The van der Waals surface area contributed by atoms with Gasteiger partial charge in [-0.2, -0.15) is 4.31 Å². The fourth-order valence-electron chi connectivity index (χ4n) is 3.55. The lowest BCUT2D eigenvalue weighted by Gasteiger charge is -2.32. The molecule has 2 saturated heterocycles. The highest BCUT2D eigenvalue weighted by Crippen LogP contribution is 2.23. The van der Waals surface area contributed by atoms with Gasteiger partial charge in [-0.25, -0.2) is 8.42 Å². The number of piperazine rings is 1. The van der Waals surface area contributed by atoms with Gasteiger partial charge in [0, 0.05) is 18.7 Å². The number of benzene rings is 1. The Hall–Kier alpha value is -1.52. The van der Waals surface area contributed by atoms with Crippen LogP contribution in [0.2, 0.25) is 0 Å². The number of morpholine rings is 1. The average molecular weight is 399 g/mol. The summed E-state index contributed by atoms with van der Waals surface area (Å²) in [5.41, 5.74) is 1.04. The van der Waals surface area contributed by atoms with Gasteiger partial charge in [-0.1, -0.05) is 6.07 Å². The number of amides is 1. The molecule has 0 atom stereocenters. The van der Waals surface area contributed by atoms with Crippen molar-refractivity contribution in [1.82, 2.24) is 9.21 Å². The van der Waals surface area contributed by atoms with Crippen molar-refractivity contribution in [2.75, 3.05) is 65.6 Å². The average Bonchev–Trinajstić information content (AvgIpc) is 2.69. The molecule has 0 aliphatic carbocycles. The van der Waals surface area contributed by atoms with Gasteiger partial charge in [0.2, 0.25) is 10.0 Å². The SMILES string of the molecule is Cc1ccc(C(=O)N2CC[NH+](CCO)CC2)cc1S(=O)(=O)N1CCOCC1. The van der Waals surface area contributed by atoms with Gasteiger partial charge in [0.25, 0.3) is 5.91 Å². The zero-order chi connectivity index (χ0) is 19.4. The van der Waals surface area contributed by atoms with E-state index in [0.29, 0.717) is 57.1 Å². The summed E-state index contributed by atoms with van der Waals surface area (Å²) < 4.78 is 32.6. The maximum atomic E-state index is 13.0. The molecule has 0 spiro atoms. The molecule has 2 aliphatic heterocycles. The van der Waals surface area contributed by atoms with Gasteiger partial charge in [-0.15, -0.1) is 0 Å². The molecule has 0 aromatic heterocycles. The smallest absolute Gasteiger partial charge is 0.254 e. The van der Waals surface area contributed by atoms with Crippen LogP contribution in [-0.2, 0) is 14.8 Å². The van der Waals surface area contributed by atoms with Crippen molar-refractivity contribution >= 4 is 15.9 Å². The molecule has 27 heavy (non-hydrogen) atoms. The van der Waals surface area contributed by atoms with Crippen molar-refractivity contribution in [1.29, 1.82) is 0 Å². The van der Waals surface area contributed by atoms with Gasteiger partial charge in [-0.3, -0.25) is 4.79 Å². The molecule has 0 saturated carbocycles. The summed E-state index contributed by atoms with van der Waals surface area (Å²) in [6.45, 7) is 6.80. The Morgan fingerprint density at radius 3 is 2.48 bits per heavy atom. The highest BCUT2D eigenvalue weighted by Gasteiger charge is 2.30. The van der Waals surface area contributed by atoms with Crippen LogP contribution in [-0.4, -0.2) is 94.3 Å². The first-order valence-corrected chi connectivity index (χ1v) is 10.8. The van der Waals surface area contributed by atoms with Crippen LogP contribution < -0.4 is 4.90 Å². The molecule has 0 unspecified atom stereocenters. The van der Waals surface area contributed by atoms with Crippen LogP contribution in [0.25, 0.3) is 0 Å². The van der Waals surface area contributed by atoms with Crippen molar-refractivity contribution in [3.8, 4) is 0 Å². The summed E-state index contributed by atoms with van der Waals surface area (Å²) >= 11 is 0. The molecule has 0 bridgehead atoms. The van der Waals surface area contributed by atoms with E-state index in [1.807, 2.05) is 0 Å². The molecule has 1 aromatic rings. The van der Waals surface area contributed by atoms with Crippen molar-refractivity contribution < 1.29 is 28.0 Å². The minimum atomic E-state index is -3.64. The van der Waals surface area contributed by atoms with E-state index in [1.54, 1.807) is 24.0 Å². The first-order chi connectivity index (χ1) is 12.9. The van der Waals surface area contributed by atoms with Gasteiger partial charge in [0.05, 0.1) is 50.9 Å². The number of nitrogens with one attached hydrogen (secondary N) is 1. The highest BCUT2D eigenvalue weighted by atomic mass is 32.2. The molecule has 2 fully saturated rings. The maximum absolute atomic E-state index is 13.0. The lowest BCUT2D eigenvalue weighted by Crippen LogP contribution is -3.15. The molecular weight excluding hydrogens is 370 g/mol. The molecule has 150 valence electrons. The summed E-state index contributed by atoms with van der Waals surface area (Å²) in [5, 5.41) is 9.04. The number of nitrogens with zero attached hydrogens (tertiary/aromatic N) is 2. The van der Waals surface area contributed by atoms with Gasteiger partial charge >= 0.3 is 0 Å². The number of hydrogen-bond acceptors (Lipinski definition) is 5. The lowest BCUT2D eigenvalue weighted by atomic mass is 10.1. The second-order valence-electron chi connectivity index (χ2n) is 7.01. The van der Waals surface area contributed by atoms with Gasteiger partial charge in [-0.05, 0) is 24.6 Å². The molecule has 9 heteroatoms. The van der Waals surface area contributed by atoms with Crippen LogP contribution in [0.15, 0.2) is 23.1 Å². The van der Waals surface area contributed by atoms with Crippen LogP contribution in [0.3, 0.4) is 0 Å². The van der Waals surface area contributed by atoms with E-state index in [1.165, 1.54) is 15.3 Å². The first kappa shape index (κ1) is 20.2. The summed E-state index contributed by atoms with van der Waals surface area (Å²) in [4.78, 5) is 16.1. The zero-order valence-corrected chi connectivity index (χ0v) is 16.5. The topological polar surface area (TPSA) is 91.6 Å². The monoisotopic (exact) mass is 398 g/mol. The number of sulfonamides is 1. The van der Waals surface area contributed by atoms with Crippen LogP contribution in [0, 0.1) is 6.92 Å². The quantitative estimate of drug-likeness (QED) is 0.620. The van der Waals surface area contributed by atoms with E-state index in [0.717, 1.165) is 13.1 Å². The van der Waals surface area contributed by atoms with Crippen molar-refractivity contribution in [3.05, 3.63) is 29.3 Å². The van der Waals surface area contributed by atoms with Gasteiger partial charge < -0.3 is 19.6 Å². The second-order valence-corrected chi connectivity index (χ2v) is 8.92. The van der Waals surface area contributed by atoms with Gasteiger partial charge in [0.15, 0.2) is 0 Å². The first-order valence-electron chi connectivity index (χ1n) is 9.35. The maximum Gasteiger partial charge on any atom is 0.254 e. The summed E-state index contributed by atoms with van der Waals surface area (Å²) in [6.07, 6.45) is 0. The second kappa shape index (κ2) is 8.66. The number of hydrogen-bond donors (Lipinski definition) is 2. The molecule has 8 nitrogen and oxygen atoms in total. The Bertz CT molecular complexity index is 769. The molecule has 0 radical (unpaired) electrons. The molecular formula is C18H28N3O5S+. The molecule has 1 aromatic carbocycles. The van der Waals surface area contributed by atoms with Crippen molar-refractivity contribution in [2.45, 2.75) is 11.8 Å². The van der Waals surface area contributed by atoms with Crippen molar-refractivity contribution in [3.63, 3.8) is 0 Å². The molecule has 2 heterocycles. The Labute approximate surface area is 160 Å². The Kier molecular flexibility index (Phi) is 6.48. The molecule has 1 amide bonds. The Morgan fingerprint density at radius 1 is 1.19 bits per heavy atom. The number of carbonyl (C=O) groups excluding carboxylic acids is 1. The largest absolute Gasteiger partial charge is 0.391 e. The number of carbonyl (C=O) groups is 1. The van der Waals surface area contributed by atoms with E-state index < -0.39 is 10.0 Å². The van der Waals surface area contributed by atoms with E-state index in [2.05, 4.69) is 0 Å². The summed E-state index contributed by atoms with van der Waals surface area (Å²) in [7, 11) is -3.64. The van der Waals surface area contributed by atoms with E-state index in [-0.39, 0.29) is 17.4 Å².